The minimum Gasteiger partial charge on any atom is -0.352 e. The smallest absolute Gasteiger partial charge is 0.352 e. The van der Waals surface area contributed by atoms with Gasteiger partial charge in [-0.25, -0.2) is 0 Å². The van der Waals surface area contributed by atoms with Gasteiger partial charge in [0, 0.05) is 6.04 Å². The summed E-state index contributed by atoms with van der Waals surface area (Å²) in [6.07, 6.45) is 0.121. The first-order chi connectivity index (χ1) is 8.97. The van der Waals surface area contributed by atoms with Crippen molar-refractivity contribution in [3.05, 3.63) is 0 Å². The highest BCUT2D eigenvalue weighted by atomic mass is 19.4. The van der Waals surface area contributed by atoms with E-state index in [1.54, 1.807) is 0 Å². The normalized spacial score (nSPS) is 32.9. The lowest BCUT2D eigenvalue weighted by molar-refractivity contribution is -0.184. The summed E-state index contributed by atoms with van der Waals surface area (Å²) in [6, 6.07) is -0.545. The number of nitrogens with one attached hydrogen (secondary N) is 2. The van der Waals surface area contributed by atoms with Gasteiger partial charge in [-0.2, -0.15) is 13.2 Å². The van der Waals surface area contributed by atoms with E-state index in [0.29, 0.717) is 12.8 Å². The van der Waals surface area contributed by atoms with Crippen LogP contribution in [0, 0.1) is 5.92 Å². The molecule has 3 unspecified atom stereocenters. The summed E-state index contributed by atoms with van der Waals surface area (Å²) in [6.45, 7) is 0.813. The molecule has 1 heterocycles. The third kappa shape index (κ3) is 4.09. The minimum atomic E-state index is -4.13. The Bertz CT molecular complexity index is 314. The molecule has 0 aromatic rings. The lowest BCUT2D eigenvalue weighted by Gasteiger charge is -2.32. The molecule has 0 spiro atoms. The molecule has 0 radical (unpaired) electrons. The number of hydrogen-bond donors (Lipinski definition) is 2. The molecular weight excluding hydrogens is 257 g/mol. The van der Waals surface area contributed by atoms with E-state index >= 15 is 0 Å². The highest BCUT2D eigenvalue weighted by Gasteiger charge is 2.42. The Hall–Kier alpha value is -0.780. The van der Waals surface area contributed by atoms with Gasteiger partial charge in [0.25, 0.3) is 0 Å². The van der Waals surface area contributed by atoms with Crippen LogP contribution >= 0.6 is 0 Å². The maximum atomic E-state index is 12.7. The minimum absolute atomic E-state index is 0.0297. The van der Waals surface area contributed by atoms with Gasteiger partial charge in [0.15, 0.2) is 0 Å². The molecule has 3 atom stereocenters. The monoisotopic (exact) mass is 278 g/mol. The number of carbonyl (C=O) groups is 1. The predicted octanol–water partition coefficient (Wildman–Crippen LogP) is 2.37. The zero-order chi connectivity index (χ0) is 13.9. The quantitative estimate of drug-likeness (QED) is 0.814. The Labute approximate surface area is 111 Å². The lowest BCUT2D eigenvalue weighted by atomic mass is 9.85. The topological polar surface area (TPSA) is 41.1 Å². The SMILES string of the molecule is O=C(NC1CCCC(C(F)(F)F)C1)C1CCCCN1. The zero-order valence-corrected chi connectivity index (χ0v) is 10.9. The molecule has 1 aliphatic heterocycles. The summed E-state index contributed by atoms with van der Waals surface area (Å²) in [5.41, 5.74) is 0. The van der Waals surface area contributed by atoms with Crippen molar-refractivity contribution in [3.63, 3.8) is 0 Å². The number of carbonyl (C=O) groups excluding carboxylic acids is 1. The van der Waals surface area contributed by atoms with Crippen molar-refractivity contribution in [2.75, 3.05) is 6.54 Å². The van der Waals surface area contributed by atoms with Crippen molar-refractivity contribution >= 4 is 5.91 Å². The van der Waals surface area contributed by atoms with Gasteiger partial charge < -0.3 is 10.6 Å². The fourth-order valence-corrected chi connectivity index (χ4v) is 3.00. The second-order valence-electron chi connectivity index (χ2n) is 5.61. The van der Waals surface area contributed by atoms with Gasteiger partial charge >= 0.3 is 6.18 Å². The maximum absolute atomic E-state index is 12.7. The van der Waals surface area contributed by atoms with E-state index in [0.717, 1.165) is 25.8 Å². The van der Waals surface area contributed by atoms with Crippen molar-refractivity contribution in [1.82, 2.24) is 10.6 Å². The lowest BCUT2D eigenvalue weighted by Crippen LogP contribution is -2.51. The molecule has 1 saturated heterocycles. The van der Waals surface area contributed by atoms with Crippen LogP contribution in [0.3, 0.4) is 0 Å². The summed E-state index contributed by atoms with van der Waals surface area (Å²) in [5, 5.41) is 5.90. The van der Waals surface area contributed by atoms with Crippen LogP contribution in [-0.4, -0.2) is 30.7 Å². The summed E-state index contributed by atoms with van der Waals surface area (Å²) < 4.78 is 38.0. The predicted molar refractivity (Wildman–Crippen MR) is 65.6 cm³/mol. The molecule has 0 bridgehead atoms. The van der Waals surface area contributed by atoms with Crippen LogP contribution in [0.2, 0.25) is 0 Å². The zero-order valence-electron chi connectivity index (χ0n) is 10.9. The molecule has 1 aliphatic carbocycles. The molecule has 2 N–H and O–H groups in total. The van der Waals surface area contributed by atoms with Gasteiger partial charge in [0.05, 0.1) is 12.0 Å². The molecule has 6 heteroatoms. The molecule has 110 valence electrons. The van der Waals surface area contributed by atoms with Crippen LogP contribution in [0.25, 0.3) is 0 Å². The van der Waals surface area contributed by atoms with Crippen molar-refractivity contribution in [2.45, 2.75) is 63.2 Å². The van der Waals surface area contributed by atoms with Crippen LogP contribution in [0.1, 0.15) is 44.9 Å². The average Bonchev–Trinajstić information content (AvgIpc) is 2.39. The number of halogens is 3. The Kier molecular flexibility index (Phi) is 4.71. The number of hydrogen-bond acceptors (Lipinski definition) is 2. The molecule has 0 aromatic heterocycles. The van der Waals surface area contributed by atoms with Gasteiger partial charge in [-0.3, -0.25) is 4.79 Å². The van der Waals surface area contributed by atoms with Crippen LogP contribution in [0.15, 0.2) is 0 Å². The molecule has 0 aromatic carbocycles. The maximum Gasteiger partial charge on any atom is 0.391 e. The Morgan fingerprint density at radius 1 is 1.11 bits per heavy atom. The molecule has 1 amide bonds. The van der Waals surface area contributed by atoms with Gasteiger partial charge in [-0.15, -0.1) is 0 Å². The fraction of sp³-hybridized carbons (Fsp3) is 0.923. The number of alkyl halides is 3. The summed E-state index contributed by atoms with van der Waals surface area (Å²) in [7, 11) is 0. The number of amides is 1. The van der Waals surface area contributed by atoms with Gasteiger partial charge in [0.2, 0.25) is 5.91 Å². The second kappa shape index (κ2) is 6.11. The second-order valence-corrected chi connectivity index (χ2v) is 5.61. The van der Waals surface area contributed by atoms with E-state index in [1.165, 1.54) is 0 Å². The van der Waals surface area contributed by atoms with Crippen LogP contribution in [0.4, 0.5) is 13.2 Å². The van der Waals surface area contributed by atoms with E-state index in [9.17, 15) is 18.0 Å². The van der Waals surface area contributed by atoms with Crippen LogP contribution in [0.5, 0.6) is 0 Å². The van der Waals surface area contributed by atoms with Gasteiger partial charge in [-0.1, -0.05) is 12.8 Å². The molecule has 1 saturated carbocycles. The van der Waals surface area contributed by atoms with Crippen LogP contribution in [-0.2, 0) is 4.79 Å². The van der Waals surface area contributed by atoms with E-state index < -0.39 is 12.1 Å². The standard InChI is InChI=1S/C13H21F3N2O/c14-13(15,16)9-4-3-5-10(8-9)18-12(19)11-6-1-2-7-17-11/h9-11,17H,1-8H2,(H,18,19). The molecule has 2 fully saturated rings. The number of piperidine rings is 1. The summed E-state index contributed by atoms with van der Waals surface area (Å²) in [5.74, 6) is -1.39. The first kappa shape index (κ1) is 14.6. The Morgan fingerprint density at radius 2 is 1.89 bits per heavy atom. The highest BCUT2D eigenvalue weighted by Crippen LogP contribution is 2.37. The molecule has 2 rings (SSSR count). The molecule has 2 aliphatic rings. The van der Waals surface area contributed by atoms with Crippen molar-refractivity contribution < 1.29 is 18.0 Å². The Morgan fingerprint density at radius 3 is 2.53 bits per heavy atom. The summed E-state index contributed by atoms with van der Waals surface area (Å²) >= 11 is 0. The largest absolute Gasteiger partial charge is 0.391 e. The molecule has 3 nitrogen and oxygen atoms in total. The third-order valence-electron chi connectivity index (χ3n) is 4.11. The van der Waals surface area contributed by atoms with Crippen LogP contribution < -0.4 is 10.6 Å². The van der Waals surface area contributed by atoms with Crippen molar-refractivity contribution in [1.29, 1.82) is 0 Å². The number of rotatable bonds is 2. The first-order valence-corrected chi connectivity index (χ1v) is 7.07. The Balaban J connectivity index is 1.83. The van der Waals surface area contributed by atoms with E-state index in [4.69, 9.17) is 0 Å². The third-order valence-corrected chi connectivity index (χ3v) is 4.11. The summed E-state index contributed by atoms with van der Waals surface area (Å²) in [4.78, 5) is 12.0. The van der Waals surface area contributed by atoms with Crippen molar-refractivity contribution in [2.24, 2.45) is 5.92 Å². The van der Waals surface area contributed by atoms with Crippen molar-refractivity contribution in [3.8, 4) is 0 Å². The molecular formula is C13H21F3N2O. The molecule has 19 heavy (non-hydrogen) atoms. The van der Waals surface area contributed by atoms with E-state index in [2.05, 4.69) is 10.6 Å². The van der Waals surface area contributed by atoms with Gasteiger partial charge in [0.1, 0.15) is 0 Å². The fourth-order valence-electron chi connectivity index (χ4n) is 3.00. The first-order valence-electron chi connectivity index (χ1n) is 7.07. The van der Waals surface area contributed by atoms with E-state index in [-0.39, 0.29) is 30.8 Å². The highest BCUT2D eigenvalue weighted by molar-refractivity contribution is 5.82. The van der Waals surface area contributed by atoms with Gasteiger partial charge in [-0.05, 0) is 38.6 Å². The van der Waals surface area contributed by atoms with E-state index in [1.807, 2.05) is 0 Å². The average molecular weight is 278 g/mol.